The van der Waals surface area contributed by atoms with Gasteiger partial charge in [0.25, 0.3) is 5.91 Å². The molecule has 0 aliphatic rings. The summed E-state index contributed by atoms with van der Waals surface area (Å²) in [4.78, 5) is 29.8. The lowest BCUT2D eigenvalue weighted by molar-refractivity contribution is -0.192. The number of benzene rings is 2. The number of carboxylic acid groups (broad SMARTS) is 1. The molecule has 0 spiro atoms. The molecule has 2 aromatic carbocycles. The number of fused-ring (bicyclic) bond motifs is 1. The monoisotopic (exact) mass is 484 g/mol. The Hall–Kier alpha value is -4.67. The number of nitrogens with zero attached hydrogens (tertiary/aromatic N) is 2. The third kappa shape index (κ3) is 7.42. The topological polar surface area (TPSA) is 113 Å². The molecule has 0 saturated carbocycles. The fourth-order valence-corrected chi connectivity index (χ4v) is 2.78. The Kier molecular flexibility index (Phi) is 8.17. The van der Waals surface area contributed by atoms with E-state index in [-0.39, 0.29) is 5.91 Å². The van der Waals surface area contributed by atoms with E-state index in [2.05, 4.69) is 20.8 Å². The zero-order chi connectivity index (χ0) is 25.3. The SMILES string of the molecule is O=C(NNc1ccnc2ccccc12)c1cccc(OCc2cccnc2)c1.O=C(O)C(F)(F)F. The summed E-state index contributed by atoms with van der Waals surface area (Å²) in [5, 5.41) is 8.05. The number of carboxylic acids is 1. The summed E-state index contributed by atoms with van der Waals surface area (Å²) in [5.41, 5.74) is 8.79. The molecule has 0 bridgehead atoms. The minimum atomic E-state index is -5.08. The Balaban J connectivity index is 0.000000429. The number of aliphatic carboxylic acids is 1. The van der Waals surface area contributed by atoms with E-state index in [9.17, 15) is 18.0 Å². The van der Waals surface area contributed by atoms with Crippen LogP contribution in [0.3, 0.4) is 0 Å². The van der Waals surface area contributed by atoms with Gasteiger partial charge in [-0.3, -0.25) is 25.6 Å². The van der Waals surface area contributed by atoms with Gasteiger partial charge in [0.2, 0.25) is 0 Å². The number of ether oxygens (including phenoxy) is 1. The van der Waals surface area contributed by atoms with Crippen LogP contribution in [0.5, 0.6) is 5.75 Å². The molecular formula is C24H19F3N4O4. The third-order valence-corrected chi connectivity index (χ3v) is 4.43. The number of carbonyl (C=O) groups is 2. The summed E-state index contributed by atoms with van der Waals surface area (Å²) < 4.78 is 37.5. The molecule has 0 aliphatic carbocycles. The van der Waals surface area contributed by atoms with Crippen LogP contribution < -0.4 is 15.6 Å². The number of carbonyl (C=O) groups excluding carboxylic acids is 1. The van der Waals surface area contributed by atoms with Gasteiger partial charge in [-0.05, 0) is 36.4 Å². The number of rotatable bonds is 6. The Labute approximate surface area is 197 Å². The number of halogens is 3. The zero-order valence-corrected chi connectivity index (χ0v) is 18.0. The summed E-state index contributed by atoms with van der Waals surface area (Å²) in [6.45, 7) is 0.389. The number of anilines is 1. The Bertz CT molecular complexity index is 1300. The van der Waals surface area contributed by atoms with Gasteiger partial charge in [0.1, 0.15) is 12.4 Å². The molecule has 0 atom stereocenters. The molecule has 11 heteroatoms. The lowest BCUT2D eigenvalue weighted by atomic mass is 10.2. The van der Waals surface area contributed by atoms with Crippen molar-refractivity contribution < 1.29 is 32.6 Å². The van der Waals surface area contributed by atoms with E-state index < -0.39 is 12.1 Å². The number of hydrazine groups is 1. The molecule has 3 N–H and O–H groups in total. The number of hydrogen-bond acceptors (Lipinski definition) is 6. The predicted octanol–water partition coefficient (Wildman–Crippen LogP) is 4.60. The number of alkyl halides is 3. The van der Waals surface area contributed by atoms with Crippen LogP contribution in [0.4, 0.5) is 18.9 Å². The lowest BCUT2D eigenvalue weighted by Gasteiger charge is -2.12. The second kappa shape index (κ2) is 11.5. The molecule has 180 valence electrons. The van der Waals surface area contributed by atoms with Gasteiger partial charge in [0, 0.05) is 35.1 Å². The number of nitrogens with one attached hydrogen (secondary N) is 2. The normalized spacial score (nSPS) is 10.6. The summed E-state index contributed by atoms with van der Waals surface area (Å²) >= 11 is 0. The molecule has 0 fully saturated rings. The van der Waals surface area contributed by atoms with Crippen molar-refractivity contribution >= 4 is 28.5 Å². The highest BCUT2D eigenvalue weighted by Gasteiger charge is 2.38. The summed E-state index contributed by atoms with van der Waals surface area (Å²) in [6.07, 6.45) is 0.0801. The minimum Gasteiger partial charge on any atom is -0.489 e. The van der Waals surface area contributed by atoms with E-state index in [1.807, 2.05) is 48.5 Å². The highest BCUT2D eigenvalue weighted by Crippen LogP contribution is 2.20. The highest BCUT2D eigenvalue weighted by molar-refractivity contribution is 5.97. The molecule has 2 heterocycles. The minimum absolute atomic E-state index is 0.257. The first kappa shape index (κ1) is 25.0. The van der Waals surface area contributed by atoms with Crippen LogP contribution in [-0.2, 0) is 11.4 Å². The average molecular weight is 484 g/mol. The summed E-state index contributed by atoms with van der Waals surface area (Å²) in [7, 11) is 0. The maximum atomic E-state index is 12.5. The van der Waals surface area contributed by atoms with Crippen LogP contribution in [-0.4, -0.2) is 33.1 Å². The van der Waals surface area contributed by atoms with Crippen LogP contribution in [0.1, 0.15) is 15.9 Å². The van der Waals surface area contributed by atoms with Gasteiger partial charge in [-0.2, -0.15) is 13.2 Å². The summed E-state index contributed by atoms with van der Waals surface area (Å²) in [6, 6.07) is 20.4. The molecule has 0 saturated heterocycles. The maximum Gasteiger partial charge on any atom is 0.490 e. The number of pyridine rings is 2. The van der Waals surface area contributed by atoms with Crippen molar-refractivity contribution in [1.82, 2.24) is 15.4 Å². The van der Waals surface area contributed by atoms with Gasteiger partial charge in [-0.25, -0.2) is 4.79 Å². The van der Waals surface area contributed by atoms with Crippen LogP contribution in [0.15, 0.2) is 85.3 Å². The second-order valence-corrected chi connectivity index (χ2v) is 6.94. The maximum absolute atomic E-state index is 12.5. The average Bonchev–Trinajstić information content (AvgIpc) is 2.86. The molecule has 0 unspecified atom stereocenters. The van der Waals surface area contributed by atoms with Gasteiger partial charge in [-0.1, -0.05) is 30.3 Å². The van der Waals surface area contributed by atoms with Crippen LogP contribution in [0.25, 0.3) is 10.9 Å². The first-order chi connectivity index (χ1) is 16.7. The molecule has 35 heavy (non-hydrogen) atoms. The number of para-hydroxylation sites is 1. The molecule has 1 amide bonds. The fourth-order valence-electron chi connectivity index (χ4n) is 2.78. The van der Waals surface area contributed by atoms with Crippen molar-refractivity contribution in [2.45, 2.75) is 12.8 Å². The smallest absolute Gasteiger partial charge is 0.489 e. The molecule has 2 aromatic heterocycles. The number of aromatic nitrogens is 2. The van der Waals surface area contributed by atoms with Crippen molar-refractivity contribution in [2.24, 2.45) is 0 Å². The van der Waals surface area contributed by atoms with E-state index in [0.717, 1.165) is 22.2 Å². The third-order valence-electron chi connectivity index (χ3n) is 4.43. The highest BCUT2D eigenvalue weighted by atomic mass is 19.4. The van der Waals surface area contributed by atoms with Crippen molar-refractivity contribution in [2.75, 3.05) is 5.43 Å². The predicted molar refractivity (Wildman–Crippen MR) is 122 cm³/mol. The molecule has 8 nitrogen and oxygen atoms in total. The fraction of sp³-hybridized carbons (Fsp3) is 0.0833. The van der Waals surface area contributed by atoms with Crippen molar-refractivity contribution in [3.8, 4) is 5.75 Å². The zero-order valence-electron chi connectivity index (χ0n) is 18.0. The van der Waals surface area contributed by atoms with Gasteiger partial charge >= 0.3 is 12.1 Å². The summed E-state index contributed by atoms with van der Waals surface area (Å²) in [5.74, 6) is -2.40. The van der Waals surface area contributed by atoms with Gasteiger partial charge in [0.15, 0.2) is 0 Å². The van der Waals surface area contributed by atoms with E-state index in [4.69, 9.17) is 14.6 Å². The van der Waals surface area contributed by atoms with E-state index in [0.29, 0.717) is 17.9 Å². The Morgan fingerprint density at radius 3 is 2.46 bits per heavy atom. The van der Waals surface area contributed by atoms with Gasteiger partial charge in [0.05, 0.1) is 11.2 Å². The van der Waals surface area contributed by atoms with Crippen LogP contribution >= 0.6 is 0 Å². The lowest BCUT2D eigenvalue weighted by Crippen LogP contribution is -2.29. The molecule has 4 rings (SSSR count). The van der Waals surface area contributed by atoms with Crippen molar-refractivity contribution in [3.05, 3.63) is 96.4 Å². The Morgan fingerprint density at radius 2 is 1.74 bits per heavy atom. The van der Waals surface area contributed by atoms with E-state index in [1.165, 1.54) is 0 Å². The quantitative estimate of drug-likeness (QED) is 0.343. The first-order valence-corrected chi connectivity index (χ1v) is 10.1. The van der Waals surface area contributed by atoms with Crippen molar-refractivity contribution in [3.63, 3.8) is 0 Å². The number of hydrogen-bond donors (Lipinski definition) is 3. The molecule has 4 aromatic rings. The largest absolute Gasteiger partial charge is 0.490 e. The standard InChI is InChI=1S/C22H18N4O2.C2HF3O2/c27-22(26-25-21-10-12-24-20-9-2-1-8-19(20)21)17-6-3-7-18(13-17)28-15-16-5-4-11-23-14-16;3-2(4,5)1(6)7/h1-14H,15H2,(H,24,25)(H,26,27);(H,6,7). The van der Waals surface area contributed by atoms with E-state index >= 15 is 0 Å². The van der Waals surface area contributed by atoms with E-state index in [1.54, 1.807) is 36.8 Å². The Morgan fingerprint density at radius 1 is 0.971 bits per heavy atom. The second-order valence-electron chi connectivity index (χ2n) is 6.94. The number of amides is 1. The molecular weight excluding hydrogens is 465 g/mol. The van der Waals surface area contributed by atoms with Gasteiger partial charge < -0.3 is 9.84 Å². The van der Waals surface area contributed by atoms with Crippen LogP contribution in [0, 0.1) is 0 Å². The van der Waals surface area contributed by atoms with Gasteiger partial charge in [-0.15, -0.1) is 0 Å². The van der Waals surface area contributed by atoms with Crippen molar-refractivity contribution in [1.29, 1.82) is 0 Å². The van der Waals surface area contributed by atoms with Crippen LogP contribution in [0.2, 0.25) is 0 Å². The first-order valence-electron chi connectivity index (χ1n) is 10.1. The molecule has 0 radical (unpaired) electrons. The molecule has 0 aliphatic heterocycles.